The van der Waals surface area contributed by atoms with Gasteiger partial charge in [0.1, 0.15) is 0 Å². The Kier molecular flexibility index (Phi) is 6.07. The lowest BCUT2D eigenvalue weighted by Gasteiger charge is -2.12. The first kappa shape index (κ1) is 17.7. The maximum Gasteiger partial charge on any atom is 0.387 e. The van der Waals surface area contributed by atoms with Gasteiger partial charge in [-0.3, -0.25) is 9.59 Å². The highest BCUT2D eigenvalue weighted by Crippen LogP contribution is 2.31. The van der Waals surface area contributed by atoms with Crippen LogP contribution >= 0.6 is 11.3 Å². The molecule has 1 aromatic carbocycles. The van der Waals surface area contributed by atoms with E-state index in [1.165, 1.54) is 36.6 Å². The first-order valence-corrected chi connectivity index (χ1v) is 7.62. The average Bonchev–Trinajstić information content (AvgIpc) is 3.07. The smallest absolute Gasteiger partial charge is 0.387 e. The summed E-state index contributed by atoms with van der Waals surface area (Å²) in [4.78, 5) is 24.0. The minimum atomic E-state index is -3.02. The molecule has 0 fully saturated rings. The molecule has 0 spiro atoms. The van der Waals surface area contributed by atoms with Crippen LogP contribution in [0.1, 0.15) is 9.67 Å². The Bertz CT molecular complexity index is 708. The molecule has 0 aliphatic heterocycles. The summed E-state index contributed by atoms with van der Waals surface area (Å²) in [7, 11) is 1.31. The van der Waals surface area contributed by atoms with Crippen LogP contribution in [0.25, 0.3) is 0 Å². The number of alkyl halides is 2. The maximum atomic E-state index is 12.4. The lowest BCUT2D eigenvalue weighted by atomic mass is 10.2. The van der Waals surface area contributed by atoms with E-state index < -0.39 is 12.5 Å². The van der Waals surface area contributed by atoms with Gasteiger partial charge in [0.25, 0.3) is 5.91 Å². The number of hydrogen-bond acceptors (Lipinski definition) is 5. The van der Waals surface area contributed by atoms with E-state index in [1.54, 1.807) is 17.5 Å². The van der Waals surface area contributed by atoms with Gasteiger partial charge in [0.15, 0.2) is 11.5 Å². The predicted octanol–water partition coefficient (Wildman–Crippen LogP) is 2.73. The second-order valence-electron chi connectivity index (χ2n) is 4.45. The van der Waals surface area contributed by atoms with Crippen molar-refractivity contribution in [1.82, 2.24) is 5.32 Å². The molecular weight excluding hydrogens is 342 g/mol. The van der Waals surface area contributed by atoms with Gasteiger partial charge in [-0.25, -0.2) is 0 Å². The van der Waals surface area contributed by atoms with Gasteiger partial charge in [-0.15, -0.1) is 11.3 Å². The van der Waals surface area contributed by atoms with Crippen molar-refractivity contribution in [2.24, 2.45) is 0 Å². The van der Waals surface area contributed by atoms with Crippen molar-refractivity contribution in [2.75, 3.05) is 19.0 Å². The number of carbonyl (C=O) groups excluding carboxylic acids is 2. The van der Waals surface area contributed by atoms with Crippen LogP contribution in [0.3, 0.4) is 0 Å². The fourth-order valence-electron chi connectivity index (χ4n) is 1.80. The number of rotatable bonds is 7. The molecule has 0 aliphatic carbocycles. The number of amides is 2. The molecule has 0 saturated heterocycles. The molecule has 0 saturated carbocycles. The lowest BCUT2D eigenvalue weighted by Crippen LogP contribution is -2.32. The van der Waals surface area contributed by atoms with Gasteiger partial charge in [0, 0.05) is 11.8 Å². The second kappa shape index (κ2) is 8.25. The average molecular weight is 356 g/mol. The van der Waals surface area contributed by atoms with Crippen molar-refractivity contribution in [3.63, 3.8) is 0 Å². The van der Waals surface area contributed by atoms with E-state index in [1.807, 2.05) is 0 Å². The molecule has 0 bridgehead atoms. The Morgan fingerprint density at radius 3 is 2.67 bits per heavy atom. The molecule has 2 amide bonds. The number of ether oxygens (including phenoxy) is 2. The van der Waals surface area contributed by atoms with E-state index in [2.05, 4.69) is 15.4 Å². The van der Waals surface area contributed by atoms with Crippen molar-refractivity contribution in [3.05, 3.63) is 40.6 Å². The third kappa shape index (κ3) is 4.92. The second-order valence-corrected chi connectivity index (χ2v) is 5.40. The van der Waals surface area contributed by atoms with Crippen molar-refractivity contribution in [3.8, 4) is 11.5 Å². The Balaban J connectivity index is 1.94. The van der Waals surface area contributed by atoms with Gasteiger partial charge in [-0.1, -0.05) is 6.07 Å². The van der Waals surface area contributed by atoms with Gasteiger partial charge in [0.05, 0.1) is 18.5 Å². The van der Waals surface area contributed by atoms with Crippen LogP contribution < -0.4 is 20.1 Å². The van der Waals surface area contributed by atoms with Crippen molar-refractivity contribution < 1.29 is 27.8 Å². The Hall–Kier alpha value is -2.68. The summed E-state index contributed by atoms with van der Waals surface area (Å²) in [5.41, 5.74) is 0.238. The summed E-state index contributed by atoms with van der Waals surface area (Å²) in [6, 6.07) is 7.43. The summed E-state index contributed by atoms with van der Waals surface area (Å²) in [6.45, 7) is -3.27. The molecule has 24 heavy (non-hydrogen) atoms. The number of benzene rings is 1. The normalized spacial score (nSPS) is 10.3. The van der Waals surface area contributed by atoms with Crippen LogP contribution in [-0.4, -0.2) is 32.1 Å². The Morgan fingerprint density at radius 2 is 2.04 bits per heavy atom. The van der Waals surface area contributed by atoms with Crippen molar-refractivity contribution in [1.29, 1.82) is 0 Å². The first-order chi connectivity index (χ1) is 11.5. The zero-order chi connectivity index (χ0) is 17.5. The Labute approximate surface area is 140 Å². The zero-order valence-corrected chi connectivity index (χ0v) is 13.4. The van der Waals surface area contributed by atoms with E-state index in [0.29, 0.717) is 4.88 Å². The third-order valence-corrected chi connectivity index (χ3v) is 3.69. The fourth-order valence-corrected chi connectivity index (χ4v) is 2.44. The predicted molar refractivity (Wildman–Crippen MR) is 84.9 cm³/mol. The van der Waals surface area contributed by atoms with Gasteiger partial charge < -0.3 is 20.1 Å². The first-order valence-electron chi connectivity index (χ1n) is 6.74. The molecule has 1 aromatic heterocycles. The van der Waals surface area contributed by atoms with E-state index >= 15 is 0 Å². The number of anilines is 1. The SMILES string of the molecule is COc1ccc(NC(=O)CNC(=O)c2cccs2)cc1OC(F)F. The maximum absolute atomic E-state index is 12.4. The topological polar surface area (TPSA) is 76.7 Å². The van der Waals surface area contributed by atoms with Crippen LogP contribution in [0.2, 0.25) is 0 Å². The van der Waals surface area contributed by atoms with Crippen LogP contribution in [-0.2, 0) is 4.79 Å². The fraction of sp³-hybridized carbons (Fsp3) is 0.200. The Morgan fingerprint density at radius 1 is 1.25 bits per heavy atom. The summed E-state index contributed by atoms with van der Waals surface area (Å²) in [5, 5.41) is 6.68. The van der Waals surface area contributed by atoms with Gasteiger partial charge in [-0.2, -0.15) is 8.78 Å². The van der Waals surface area contributed by atoms with E-state index in [-0.39, 0.29) is 29.6 Å². The molecule has 0 radical (unpaired) electrons. The third-order valence-electron chi connectivity index (χ3n) is 2.82. The van der Waals surface area contributed by atoms with Crippen LogP contribution in [0.4, 0.5) is 14.5 Å². The highest BCUT2D eigenvalue weighted by Gasteiger charge is 2.13. The molecule has 2 aromatic rings. The van der Waals surface area contributed by atoms with Crippen molar-refractivity contribution in [2.45, 2.75) is 6.61 Å². The number of methoxy groups -OCH3 is 1. The summed E-state index contributed by atoms with van der Waals surface area (Å²) in [6.07, 6.45) is 0. The lowest BCUT2D eigenvalue weighted by molar-refractivity contribution is -0.115. The monoisotopic (exact) mass is 356 g/mol. The standard InChI is InChI=1S/C15H14F2N2O4S/c1-22-10-5-4-9(7-11(10)23-15(16)17)19-13(20)8-18-14(21)12-3-2-6-24-12/h2-7,15H,8H2,1H3,(H,18,21)(H,19,20). The number of nitrogens with one attached hydrogen (secondary N) is 2. The summed E-state index contributed by atoms with van der Waals surface area (Å²) < 4.78 is 34.0. The molecule has 2 N–H and O–H groups in total. The largest absolute Gasteiger partial charge is 0.493 e. The molecule has 128 valence electrons. The molecule has 6 nitrogen and oxygen atoms in total. The molecule has 0 unspecified atom stereocenters. The molecule has 9 heteroatoms. The van der Waals surface area contributed by atoms with E-state index in [4.69, 9.17) is 4.74 Å². The van der Waals surface area contributed by atoms with Crippen LogP contribution in [0.15, 0.2) is 35.7 Å². The highest BCUT2D eigenvalue weighted by atomic mass is 32.1. The quantitative estimate of drug-likeness (QED) is 0.800. The van der Waals surface area contributed by atoms with E-state index in [9.17, 15) is 18.4 Å². The van der Waals surface area contributed by atoms with E-state index in [0.717, 1.165) is 0 Å². The summed E-state index contributed by atoms with van der Waals surface area (Å²) >= 11 is 1.25. The minimum Gasteiger partial charge on any atom is -0.493 e. The highest BCUT2D eigenvalue weighted by molar-refractivity contribution is 7.12. The number of halogens is 2. The molecule has 1 heterocycles. The van der Waals surface area contributed by atoms with Gasteiger partial charge in [-0.05, 0) is 23.6 Å². The number of carbonyl (C=O) groups is 2. The molecule has 2 rings (SSSR count). The van der Waals surface area contributed by atoms with Crippen molar-refractivity contribution >= 4 is 28.8 Å². The van der Waals surface area contributed by atoms with Crippen LogP contribution in [0, 0.1) is 0 Å². The molecular formula is C15H14F2N2O4S. The molecule has 0 aliphatic rings. The zero-order valence-electron chi connectivity index (χ0n) is 12.5. The number of thiophene rings is 1. The van der Waals surface area contributed by atoms with Gasteiger partial charge >= 0.3 is 6.61 Å². The van der Waals surface area contributed by atoms with Crippen LogP contribution in [0.5, 0.6) is 11.5 Å². The number of hydrogen-bond donors (Lipinski definition) is 2. The minimum absolute atomic E-state index is 0.110. The van der Waals surface area contributed by atoms with Gasteiger partial charge in [0.2, 0.25) is 5.91 Å². The summed E-state index contributed by atoms with van der Waals surface area (Å²) in [5.74, 6) is -0.961. The molecule has 0 atom stereocenters.